The molecule has 0 aromatic rings. The largest absolute Gasteiger partial charge is 0.379 e. The van der Waals surface area contributed by atoms with Crippen molar-refractivity contribution < 1.29 is 9.47 Å². The summed E-state index contributed by atoms with van der Waals surface area (Å²) in [6.45, 7) is 7.99. The number of hydrogen-bond acceptors (Lipinski definition) is 2. The molecule has 0 aliphatic rings. The van der Waals surface area contributed by atoms with Crippen LogP contribution in [0.15, 0.2) is 0 Å². The summed E-state index contributed by atoms with van der Waals surface area (Å²) < 4.78 is 11.5. The van der Waals surface area contributed by atoms with Crippen molar-refractivity contribution in [2.24, 2.45) is 0 Å². The summed E-state index contributed by atoms with van der Waals surface area (Å²) in [5.41, 5.74) is 0. The van der Waals surface area contributed by atoms with Crippen LogP contribution in [0.4, 0.5) is 0 Å². The van der Waals surface area contributed by atoms with Crippen LogP contribution in [0.1, 0.15) is 232 Å². The summed E-state index contributed by atoms with van der Waals surface area (Å²) in [6, 6.07) is 0. The molecule has 0 saturated heterocycles. The minimum Gasteiger partial charge on any atom is -0.379 e. The van der Waals surface area contributed by atoms with E-state index in [9.17, 15) is 0 Å². The lowest BCUT2D eigenvalue weighted by Crippen LogP contribution is -2.06. The van der Waals surface area contributed by atoms with E-state index in [1.807, 2.05) is 0 Å². The van der Waals surface area contributed by atoms with Crippen LogP contribution < -0.4 is 0 Å². The third kappa shape index (κ3) is 39.9. The summed E-state index contributed by atoms with van der Waals surface area (Å²) in [6.07, 6.45) is 48.5. The molecule has 0 aliphatic heterocycles. The van der Waals surface area contributed by atoms with Crippen LogP contribution in [0.25, 0.3) is 0 Å². The monoisotopic (exact) mass is 595 g/mol. The fourth-order valence-corrected chi connectivity index (χ4v) is 6.18. The van der Waals surface area contributed by atoms with Crippen molar-refractivity contribution in [2.75, 3.05) is 26.4 Å². The van der Waals surface area contributed by atoms with E-state index < -0.39 is 0 Å². The molecule has 0 saturated carbocycles. The van der Waals surface area contributed by atoms with Crippen molar-refractivity contribution in [2.45, 2.75) is 232 Å². The molecule has 0 N–H and O–H groups in total. The molecule has 0 radical (unpaired) electrons. The Balaban J connectivity index is 3.02. The maximum absolute atomic E-state index is 5.77. The van der Waals surface area contributed by atoms with Crippen molar-refractivity contribution in [3.63, 3.8) is 0 Å². The highest BCUT2D eigenvalue weighted by Gasteiger charge is 1.97. The van der Waals surface area contributed by atoms with Gasteiger partial charge in [-0.3, -0.25) is 0 Å². The van der Waals surface area contributed by atoms with E-state index in [0.717, 1.165) is 26.4 Å². The van der Waals surface area contributed by atoms with Gasteiger partial charge in [-0.2, -0.15) is 0 Å². The normalized spacial score (nSPS) is 11.6. The Morgan fingerprint density at radius 3 is 0.548 bits per heavy atom. The van der Waals surface area contributed by atoms with E-state index in [-0.39, 0.29) is 0 Å². The molecule has 2 heteroatoms. The zero-order valence-electron chi connectivity index (χ0n) is 29.7. The Labute approximate surface area is 267 Å². The average molecular weight is 595 g/mol. The highest BCUT2D eigenvalue weighted by atomic mass is 16.5. The number of ether oxygens (including phenoxy) is 2. The zero-order chi connectivity index (χ0) is 30.3. The topological polar surface area (TPSA) is 18.5 Å². The Kier molecular flexibility index (Phi) is 40.8. The maximum atomic E-state index is 5.77. The third-order valence-corrected chi connectivity index (χ3v) is 9.16. The smallest absolute Gasteiger partial charge is 0.0700 e. The average Bonchev–Trinajstić information content (AvgIpc) is 3.00. The fourth-order valence-electron chi connectivity index (χ4n) is 6.18. The number of unbranched alkanes of at least 4 members (excludes halogenated alkanes) is 32. The van der Waals surface area contributed by atoms with Gasteiger partial charge in [-0.15, -0.1) is 0 Å². The second-order valence-electron chi connectivity index (χ2n) is 13.5. The van der Waals surface area contributed by atoms with Crippen LogP contribution in [0, 0.1) is 0 Å². The van der Waals surface area contributed by atoms with Gasteiger partial charge < -0.3 is 9.47 Å². The van der Waals surface area contributed by atoms with Crippen molar-refractivity contribution in [3.8, 4) is 0 Å². The molecule has 2 nitrogen and oxygen atoms in total. The summed E-state index contributed by atoms with van der Waals surface area (Å²) >= 11 is 0. The third-order valence-electron chi connectivity index (χ3n) is 9.16. The van der Waals surface area contributed by atoms with Crippen LogP contribution >= 0.6 is 0 Å². The summed E-state index contributed by atoms with van der Waals surface area (Å²) in [7, 11) is 0. The van der Waals surface area contributed by atoms with Crippen LogP contribution in [-0.2, 0) is 9.47 Å². The van der Waals surface area contributed by atoms with E-state index in [1.54, 1.807) is 0 Å². The predicted molar refractivity (Wildman–Crippen MR) is 190 cm³/mol. The molecule has 0 aromatic carbocycles. The summed E-state index contributed by atoms with van der Waals surface area (Å²) in [5, 5.41) is 0. The van der Waals surface area contributed by atoms with Gasteiger partial charge in [0.05, 0.1) is 13.2 Å². The van der Waals surface area contributed by atoms with E-state index >= 15 is 0 Å². The lowest BCUT2D eigenvalue weighted by Gasteiger charge is -2.06. The molecule has 42 heavy (non-hydrogen) atoms. The van der Waals surface area contributed by atoms with Crippen molar-refractivity contribution in [1.29, 1.82) is 0 Å². The van der Waals surface area contributed by atoms with Gasteiger partial charge in [0.15, 0.2) is 0 Å². The first-order chi connectivity index (χ1) is 20.9. The fraction of sp³-hybridized carbons (Fsp3) is 1.00. The molecule has 0 spiro atoms. The molecule has 0 fully saturated rings. The first-order valence-electron chi connectivity index (χ1n) is 20.1. The van der Waals surface area contributed by atoms with Gasteiger partial charge in [0.1, 0.15) is 0 Å². The lowest BCUT2D eigenvalue weighted by atomic mass is 10.0. The summed E-state index contributed by atoms with van der Waals surface area (Å²) in [4.78, 5) is 0. The molecule has 0 rings (SSSR count). The number of rotatable bonds is 39. The molecular weight excluding hydrogens is 512 g/mol. The van der Waals surface area contributed by atoms with E-state index in [0.29, 0.717) is 0 Å². The molecule has 0 heterocycles. The van der Waals surface area contributed by atoms with Crippen LogP contribution in [0.2, 0.25) is 0 Å². The van der Waals surface area contributed by atoms with E-state index in [1.165, 1.54) is 218 Å². The molecular formula is C40H82O2. The second kappa shape index (κ2) is 40.9. The predicted octanol–water partition coefficient (Wildman–Crippen LogP) is 14.3. The van der Waals surface area contributed by atoms with Crippen molar-refractivity contribution in [3.05, 3.63) is 0 Å². The second-order valence-corrected chi connectivity index (χ2v) is 13.5. The first kappa shape index (κ1) is 41.9. The summed E-state index contributed by atoms with van der Waals surface area (Å²) in [5.74, 6) is 0. The van der Waals surface area contributed by atoms with E-state index in [2.05, 4.69) is 13.8 Å². The van der Waals surface area contributed by atoms with Crippen LogP contribution in [0.5, 0.6) is 0 Å². The number of hydrogen-bond donors (Lipinski definition) is 0. The van der Waals surface area contributed by atoms with Crippen molar-refractivity contribution >= 4 is 0 Å². The van der Waals surface area contributed by atoms with Gasteiger partial charge in [0.25, 0.3) is 0 Å². The Morgan fingerprint density at radius 2 is 0.357 bits per heavy atom. The van der Waals surface area contributed by atoms with Gasteiger partial charge in [-0.25, -0.2) is 0 Å². The molecule has 0 bridgehead atoms. The minimum absolute atomic E-state index is 0.776. The Hall–Kier alpha value is -0.0800. The molecule has 0 unspecified atom stereocenters. The van der Waals surface area contributed by atoms with Gasteiger partial charge in [0, 0.05) is 13.2 Å². The molecule has 0 aliphatic carbocycles. The molecule has 0 aromatic heterocycles. The van der Waals surface area contributed by atoms with Gasteiger partial charge in [-0.1, -0.05) is 219 Å². The quantitative estimate of drug-likeness (QED) is 0.0659. The van der Waals surface area contributed by atoms with Crippen LogP contribution in [-0.4, -0.2) is 26.4 Å². The van der Waals surface area contributed by atoms with Gasteiger partial charge >= 0.3 is 0 Å². The highest BCUT2D eigenvalue weighted by molar-refractivity contribution is 4.52. The van der Waals surface area contributed by atoms with Crippen LogP contribution in [0.3, 0.4) is 0 Å². The Morgan fingerprint density at radius 1 is 0.190 bits per heavy atom. The molecule has 254 valence electrons. The highest BCUT2D eigenvalue weighted by Crippen LogP contribution is 2.15. The zero-order valence-corrected chi connectivity index (χ0v) is 29.7. The SMILES string of the molecule is CCCCCCCCCCCCCCCCCCCCOCCOCCCCCCCCCCCCCCCCCC. The maximum Gasteiger partial charge on any atom is 0.0700 e. The lowest BCUT2D eigenvalue weighted by molar-refractivity contribution is 0.0448. The van der Waals surface area contributed by atoms with Crippen molar-refractivity contribution in [1.82, 2.24) is 0 Å². The minimum atomic E-state index is 0.776. The van der Waals surface area contributed by atoms with Gasteiger partial charge in [0.2, 0.25) is 0 Å². The van der Waals surface area contributed by atoms with Gasteiger partial charge in [-0.05, 0) is 12.8 Å². The van der Waals surface area contributed by atoms with E-state index in [4.69, 9.17) is 9.47 Å². The standard InChI is InChI=1S/C40H82O2/c1-3-5-7-9-11-13-15-17-19-21-22-24-26-28-30-32-34-36-38-42-40-39-41-37-35-33-31-29-27-25-23-20-18-16-14-12-10-8-6-4-2/h3-40H2,1-2H3. The Bertz CT molecular complexity index is 397. The first-order valence-corrected chi connectivity index (χ1v) is 20.1. The molecule has 0 atom stereocenters. The molecule has 0 amide bonds.